The highest BCUT2D eigenvalue weighted by Crippen LogP contribution is 2.22. The zero-order chi connectivity index (χ0) is 11.4. The summed E-state index contributed by atoms with van der Waals surface area (Å²) in [6.07, 6.45) is 4.54. The molecule has 2 aromatic rings. The predicted octanol–water partition coefficient (Wildman–Crippen LogP) is 1.87. The monoisotopic (exact) mass is 219 g/mol. The molecule has 0 spiro atoms. The lowest BCUT2D eigenvalue weighted by atomic mass is 10.2. The Hall–Kier alpha value is -2.01. The van der Waals surface area contributed by atoms with E-state index in [4.69, 9.17) is 10.5 Å². The molecule has 0 aliphatic carbocycles. The summed E-state index contributed by atoms with van der Waals surface area (Å²) in [4.78, 5) is 7.65. The Labute approximate surface area is 91.9 Å². The van der Waals surface area contributed by atoms with Crippen LogP contribution in [0, 0.1) is 5.82 Å². The molecule has 4 nitrogen and oxygen atoms in total. The van der Waals surface area contributed by atoms with E-state index in [2.05, 4.69) is 9.97 Å². The second-order valence-electron chi connectivity index (χ2n) is 3.08. The summed E-state index contributed by atoms with van der Waals surface area (Å²) in [5.41, 5.74) is 5.75. The van der Waals surface area contributed by atoms with Crippen molar-refractivity contribution >= 4 is 0 Å². The standard InChI is InChI=1S/C11H10FN3O/c12-10-8(6-13)3-5-15-11(10)16-9-2-1-4-14-7-9/h1-5,7H,6,13H2. The third-order valence-corrected chi connectivity index (χ3v) is 2.01. The summed E-state index contributed by atoms with van der Waals surface area (Å²) in [5, 5.41) is 0. The van der Waals surface area contributed by atoms with Crippen molar-refractivity contribution in [3.8, 4) is 11.6 Å². The van der Waals surface area contributed by atoms with Gasteiger partial charge in [0.25, 0.3) is 5.88 Å². The number of nitrogens with zero attached hydrogens (tertiary/aromatic N) is 2. The third-order valence-electron chi connectivity index (χ3n) is 2.01. The van der Waals surface area contributed by atoms with Crippen LogP contribution in [0.5, 0.6) is 11.6 Å². The number of ether oxygens (including phenoxy) is 1. The molecular formula is C11H10FN3O. The Morgan fingerprint density at radius 3 is 2.88 bits per heavy atom. The molecule has 2 heterocycles. The Bertz CT molecular complexity index is 476. The molecule has 0 atom stereocenters. The maximum absolute atomic E-state index is 13.7. The molecule has 0 fully saturated rings. The Kier molecular flexibility index (Phi) is 3.07. The number of hydrogen-bond donors (Lipinski definition) is 1. The Morgan fingerprint density at radius 2 is 2.19 bits per heavy atom. The minimum Gasteiger partial charge on any atom is -0.435 e. The van der Waals surface area contributed by atoms with E-state index < -0.39 is 5.82 Å². The zero-order valence-electron chi connectivity index (χ0n) is 8.43. The lowest BCUT2D eigenvalue weighted by Crippen LogP contribution is -2.02. The van der Waals surface area contributed by atoms with Gasteiger partial charge in [0.05, 0.1) is 6.20 Å². The van der Waals surface area contributed by atoms with Gasteiger partial charge in [-0.2, -0.15) is 0 Å². The highest BCUT2D eigenvalue weighted by Gasteiger charge is 2.10. The maximum atomic E-state index is 13.7. The largest absolute Gasteiger partial charge is 0.435 e. The minimum atomic E-state index is -0.533. The normalized spacial score (nSPS) is 10.1. The fourth-order valence-corrected chi connectivity index (χ4v) is 1.21. The van der Waals surface area contributed by atoms with Crippen molar-refractivity contribution in [3.63, 3.8) is 0 Å². The van der Waals surface area contributed by atoms with Gasteiger partial charge >= 0.3 is 0 Å². The van der Waals surface area contributed by atoms with Crippen LogP contribution < -0.4 is 10.5 Å². The van der Waals surface area contributed by atoms with Crippen LogP contribution in [-0.2, 0) is 6.54 Å². The van der Waals surface area contributed by atoms with Crippen LogP contribution in [0.25, 0.3) is 0 Å². The molecule has 0 unspecified atom stereocenters. The first-order valence-electron chi connectivity index (χ1n) is 4.72. The average molecular weight is 219 g/mol. The van der Waals surface area contributed by atoms with Crippen LogP contribution in [0.2, 0.25) is 0 Å². The number of hydrogen-bond acceptors (Lipinski definition) is 4. The average Bonchev–Trinajstić information content (AvgIpc) is 2.33. The van der Waals surface area contributed by atoms with Gasteiger partial charge in [-0.25, -0.2) is 9.37 Å². The van der Waals surface area contributed by atoms with Crippen LogP contribution in [0.3, 0.4) is 0 Å². The number of aromatic nitrogens is 2. The topological polar surface area (TPSA) is 61.0 Å². The minimum absolute atomic E-state index is 0.0871. The van der Waals surface area contributed by atoms with E-state index in [9.17, 15) is 4.39 Å². The fraction of sp³-hybridized carbons (Fsp3) is 0.0909. The summed E-state index contributed by atoms with van der Waals surface area (Å²) in [6.45, 7) is 0.109. The van der Waals surface area contributed by atoms with Gasteiger partial charge in [-0.05, 0) is 18.2 Å². The van der Waals surface area contributed by atoms with Gasteiger partial charge in [0, 0.05) is 24.5 Å². The first-order valence-corrected chi connectivity index (χ1v) is 4.72. The van der Waals surface area contributed by atoms with E-state index in [1.165, 1.54) is 18.5 Å². The molecule has 2 N–H and O–H groups in total. The smallest absolute Gasteiger partial charge is 0.256 e. The van der Waals surface area contributed by atoms with Crippen LogP contribution in [-0.4, -0.2) is 9.97 Å². The lowest BCUT2D eigenvalue weighted by molar-refractivity contribution is 0.417. The van der Waals surface area contributed by atoms with Crippen molar-refractivity contribution in [2.45, 2.75) is 6.54 Å². The first kappa shape index (κ1) is 10.5. The second-order valence-corrected chi connectivity index (χ2v) is 3.08. The van der Waals surface area contributed by atoms with Gasteiger partial charge in [-0.15, -0.1) is 0 Å². The van der Waals surface area contributed by atoms with E-state index in [1.807, 2.05) is 0 Å². The van der Waals surface area contributed by atoms with Crippen LogP contribution in [0.1, 0.15) is 5.56 Å². The molecule has 0 aliphatic heterocycles. The van der Waals surface area contributed by atoms with Crippen LogP contribution >= 0.6 is 0 Å². The molecule has 82 valence electrons. The quantitative estimate of drug-likeness (QED) is 0.855. The van der Waals surface area contributed by atoms with Crippen molar-refractivity contribution in [3.05, 3.63) is 48.2 Å². The summed E-state index contributed by atoms with van der Waals surface area (Å²) >= 11 is 0. The second kappa shape index (κ2) is 4.67. The first-order chi connectivity index (χ1) is 7.81. The number of halogens is 1. The Morgan fingerprint density at radius 1 is 1.31 bits per heavy atom. The molecular weight excluding hydrogens is 209 g/mol. The van der Waals surface area contributed by atoms with E-state index >= 15 is 0 Å². The Balaban J connectivity index is 2.28. The SMILES string of the molecule is NCc1ccnc(Oc2cccnc2)c1F. The predicted molar refractivity (Wildman–Crippen MR) is 56.4 cm³/mol. The van der Waals surface area contributed by atoms with Crippen molar-refractivity contribution in [1.82, 2.24) is 9.97 Å². The molecule has 0 aliphatic rings. The van der Waals surface area contributed by atoms with E-state index in [-0.39, 0.29) is 12.4 Å². The molecule has 5 heteroatoms. The van der Waals surface area contributed by atoms with Crippen molar-refractivity contribution in [1.29, 1.82) is 0 Å². The van der Waals surface area contributed by atoms with Gasteiger partial charge in [-0.1, -0.05) is 0 Å². The fourth-order valence-electron chi connectivity index (χ4n) is 1.21. The molecule has 0 saturated carbocycles. The number of rotatable bonds is 3. The van der Waals surface area contributed by atoms with E-state index in [1.54, 1.807) is 18.3 Å². The van der Waals surface area contributed by atoms with Crippen molar-refractivity contribution in [2.75, 3.05) is 0 Å². The molecule has 0 bridgehead atoms. The van der Waals surface area contributed by atoms with Gasteiger partial charge in [0.2, 0.25) is 0 Å². The lowest BCUT2D eigenvalue weighted by Gasteiger charge is -2.06. The van der Waals surface area contributed by atoms with Crippen molar-refractivity contribution in [2.24, 2.45) is 5.73 Å². The van der Waals surface area contributed by atoms with Gasteiger partial charge < -0.3 is 10.5 Å². The summed E-state index contributed by atoms with van der Waals surface area (Å²) in [6, 6.07) is 4.88. The van der Waals surface area contributed by atoms with E-state index in [0.717, 1.165) is 0 Å². The van der Waals surface area contributed by atoms with Crippen molar-refractivity contribution < 1.29 is 9.13 Å². The summed E-state index contributed by atoms with van der Waals surface area (Å²) in [5.74, 6) is -0.187. The third kappa shape index (κ3) is 2.14. The van der Waals surface area contributed by atoms with Gasteiger partial charge in [-0.3, -0.25) is 4.98 Å². The highest BCUT2D eigenvalue weighted by atomic mass is 19.1. The summed E-state index contributed by atoms with van der Waals surface area (Å²) in [7, 11) is 0. The summed E-state index contributed by atoms with van der Waals surface area (Å²) < 4.78 is 18.9. The van der Waals surface area contributed by atoms with Gasteiger partial charge in [0.1, 0.15) is 5.75 Å². The molecule has 16 heavy (non-hydrogen) atoms. The molecule has 2 aromatic heterocycles. The molecule has 0 radical (unpaired) electrons. The molecule has 0 saturated heterocycles. The van der Waals surface area contributed by atoms with Gasteiger partial charge in [0.15, 0.2) is 5.82 Å². The highest BCUT2D eigenvalue weighted by molar-refractivity contribution is 5.28. The number of pyridine rings is 2. The zero-order valence-corrected chi connectivity index (χ0v) is 8.43. The molecule has 0 aromatic carbocycles. The van der Waals surface area contributed by atoms with Crippen LogP contribution in [0.15, 0.2) is 36.8 Å². The van der Waals surface area contributed by atoms with Crippen LogP contribution in [0.4, 0.5) is 4.39 Å². The van der Waals surface area contributed by atoms with E-state index in [0.29, 0.717) is 11.3 Å². The maximum Gasteiger partial charge on any atom is 0.256 e. The molecule has 2 rings (SSSR count). The molecule has 0 amide bonds. The number of nitrogens with two attached hydrogens (primary N) is 1.